The molecule has 6 heteroatoms. The van der Waals surface area contributed by atoms with Crippen molar-refractivity contribution in [3.63, 3.8) is 0 Å². The number of amides is 1. The van der Waals surface area contributed by atoms with Gasteiger partial charge in [0.05, 0.1) is 17.9 Å². The van der Waals surface area contributed by atoms with Crippen molar-refractivity contribution in [2.45, 2.75) is 44.7 Å². The molecular formula is C17H27N5O. The monoisotopic (exact) mass is 317 g/mol. The maximum absolute atomic E-state index is 12.4. The third kappa shape index (κ3) is 4.19. The molecule has 0 radical (unpaired) electrons. The Morgan fingerprint density at radius 3 is 2.74 bits per heavy atom. The van der Waals surface area contributed by atoms with Crippen molar-refractivity contribution < 1.29 is 4.79 Å². The van der Waals surface area contributed by atoms with Crippen LogP contribution >= 0.6 is 0 Å². The molecule has 0 spiro atoms. The number of likely N-dealkylation sites (tertiary alicyclic amines) is 1. The number of carbonyl (C=O) groups excluding carboxylic acids is 1. The van der Waals surface area contributed by atoms with E-state index in [4.69, 9.17) is 0 Å². The summed E-state index contributed by atoms with van der Waals surface area (Å²) in [7, 11) is 4.06. The van der Waals surface area contributed by atoms with E-state index in [1.54, 1.807) is 0 Å². The zero-order valence-electron chi connectivity index (χ0n) is 14.2. The lowest BCUT2D eigenvalue weighted by molar-refractivity contribution is -0.133. The van der Waals surface area contributed by atoms with Crippen LogP contribution in [-0.2, 0) is 11.3 Å². The second-order valence-corrected chi connectivity index (χ2v) is 7.01. The molecular weight excluding hydrogens is 290 g/mol. The summed E-state index contributed by atoms with van der Waals surface area (Å²) in [6.45, 7) is 2.48. The van der Waals surface area contributed by atoms with Crippen molar-refractivity contribution in [1.82, 2.24) is 24.8 Å². The first-order chi connectivity index (χ1) is 11.1. The van der Waals surface area contributed by atoms with Gasteiger partial charge in [-0.25, -0.2) is 4.68 Å². The fourth-order valence-corrected chi connectivity index (χ4v) is 3.49. The molecule has 3 rings (SSSR count). The van der Waals surface area contributed by atoms with E-state index < -0.39 is 0 Å². The lowest BCUT2D eigenvalue weighted by Crippen LogP contribution is -2.39. The van der Waals surface area contributed by atoms with E-state index in [1.807, 2.05) is 29.9 Å². The van der Waals surface area contributed by atoms with Crippen molar-refractivity contribution in [2.75, 3.05) is 27.2 Å². The molecule has 1 amide bonds. The molecule has 126 valence electrons. The minimum atomic E-state index is 0.312. The molecule has 1 fully saturated rings. The SMILES string of the molecule is CN(C)Cc1cn(C2CCN(C(=O)CC3C=CCC3)CC2)nn1. The molecule has 1 saturated heterocycles. The Bertz CT molecular complexity index is 557. The molecule has 1 unspecified atom stereocenters. The summed E-state index contributed by atoms with van der Waals surface area (Å²) in [6, 6.07) is 0.369. The Kier molecular flexibility index (Phi) is 5.10. The molecule has 6 nitrogen and oxygen atoms in total. The number of rotatable bonds is 5. The first-order valence-electron chi connectivity index (χ1n) is 8.61. The van der Waals surface area contributed by atoms with Gasteiger partial charge in [-0.15, -0.1) is 5.10 Å². The summed E-state index contributed by atoms with van der Waals surface area (Å²) < 4.78 is 1.99. The zero-order chi connectivity index (χ0) is 16.2. The Hall–Kier alpha value is -1.69. The van der Waals surface area contributed by atoms with E-state index in [9.17, 15) is 4.79 Å². The van der Waals surface area contributed by atoms with Crippen molar-refractivity contribution in [3.8, 4) is 0 Å². The Morgan fingerprint density at radius 2 is 2.09 bits per heavy atom. The van der Waals surface area contributed by atoms with Gasteiger partial charge in [0.2, 0.25) is 5.91 Å². The molecule has 0 N–H and O–H groups in total. The standard InChI is InChI=1S/C17H27N5O/c1-20(2)12-15-13-22(19-18-15)16-7-9-21(10-8-16)17(23)11-14-5-3-4-6-14/h3,5,13-14,16H,4,6-12H2,1-2H3. The van der Waals surface area contributed by atoms with Crippen LogP contribution in [0.25, 0.3) is 0 Å². The minimum absolute atomic E-state index is 0.312. The predicted molar refractivity (Wildman–Crippen MR) is 88.7 cm³/mol. The molecule has 1 aliphatic heterocycles. The maximum atomic E-state index is 12.4. The van der Waals surface area contributed by atoms with E-state index in [0.29, 0.717) is 24.3 Å². The first-order valence-corrected chi connectivity index (χ1v) is 8.61. The van der Waals surface area contributed by atoms with E-state index in [-0.39, 0.29) is 0 Å². The van der Waals surface area contributed by atoms with Gasteiger partial charge in [0.1, 0.15) is 0 Å². The number of hydrogen-bond acceptors (Lipinski definition) is 4. The highest BCUT2D eigenvalue weighted by Crippen LogP contribution is 2.25. The van der Waals surface area contributed by atoms with E-state index >= 15 is 0 Å². The van der Waals surface area contributed by atoms with Crippen LogP contribution in [0, 0.1) is 5.92 Å². The quantitative estimate of drug-likeness (QED) is 0.778. The zero-order valence-corrected chi connectivity index (χ0v) is 14.2. The van der Waals surface area contributed by atoms with Crippen molar-refractivity contribution in [3.05, 3.63) is 24.0 Å². The van der Waals surface area contributed by atoms with Crippen LogP contribution in [0.2, 0.25) is 0 Å². The van der Waals surface area contributed by atoms with Crippen molar-refractivity contribution in [1.29, 1.82) is 0 Å². The highest BCUT2D eigenvalue weighted by atomic mass is 16.2. The second kappa shape index (κ2) is 7.25. The van der Waals surface area contributed by atoms with Gasteiger partial charge in [0.15, 0.2) is 0 Å². The van der Waals surface area contributed by atoms with E-state index in [2.05, 4.69) is 27.4 Å². The fraction of sp³-hybridized carbons (Fsp3) is 0.706. The van der Waals surface area contributed by atoms with Crippen LogP contribution < -0.4 is 0 Å². The van der Waals surface area contributed by atoms with Gasteiger partial charge in [-0.1, -0.05) is 17.4 Å². The molecule has 1 aromatic heterocycles. The molecule has 0 bridgehead atoms. The largest absolute Gasteiger partial charge is 0.343 e. The summed E-state index contributed by atoms with van der Waals surface area (Å²) in [5.74, 6) is 0.774. The molecule has 2 aliphatic rings. The van der Waals surface area contributed by atoms with Crippen LogP contribution in [0.5, 0.6) is 0 Å². The highest BCUT2D eigenvalue weighted by Gasteiger charge is 2.26. The van der Waals surface area contributed by atoms with Gasteiger partial charge in [-0.2, -0.15) is 0 Å². The van der Waals surface area contributed by atoms with Crippen LogP contribution in [-0.4, -0.2) is 57.9 Å². The van der Waals surface area contributed by atoms with Crippen LogP contribution in [0.15, 0.2) is 18.3 Å². The number of hydrogen-bond donors (Lipinski definition) is 0. The molecule has 0 saturated carbocycles. The predicted octanol–water partition coefficient (Wildman–Crippen LogP) is 1.86. The van der Waals surface area contributed by atoms with Gasteiger partial charge >= 0.3 is 0 Å². The lowest BCUT2D eigenvalue weighted by atomic mass is 10.0. The van der Waals surface area contributed by atoms with Crippen LogP contribution in [0.1, 0.15) is 43.8 Å². The van der Waals surface area contributed by atoms with E-state index in [1.165, 1.54) is 0 Å². The summed E-state index contributed by atoms with van der Waals surface area (Å²) in [5, 5.41) is 8.51. The molecule has 23 heavy (non-hydrogen) atoms. The number of aromatic nitrogens is 3. The van der Waals surface area contributed by atoms with Gasteiger partial charge in [-0.05, 0) is 45.7 Å². The third-order valence-corrected chi connectivity index (χ3v) is 4.78. The molecule has 1 aromatic rings. The summed E-state index contributed by atoms with van der Waals surface area (Å²) in [5.41, 5.74) is 1.00. The van der Waals surface area contributed by atoms with Crippen molar-refractivity contribution in [2.24, 2.45) is 5.92 Å². The minimum Gasteiger partial charge on any atom is -0.343 e. The van der Waals surface area contributed by atoms with Gasteiger partial charge < -0.3 is 9.80 Å². The Balaban J connectivity index is 1.48. The average Bonchev–Trinajstić information content (AvgIpc) is 3.19. The first kappa shape index (κ1) is 16.2. The van der Waals surface area contributed by atoms with Gasteiger partial charge in [0, 0.05) is 26.1 Å². The van der Waals surface area contributed by atoms with Gasteiger partial charge in [-0.3, -0.25) is 4.79 Å². The lowest BCUT2D eigenvalue weighted by Gasteiger charge is -2.32. The number of allylic oxidation sites excluding steroid dienone is 2. The number of nitrogens with zero attached hydrogens (tertiary/aromatic N) is 5. The Labute approximate surface area is 138 Å². The number of piperidine rings is 1. The third-order valence-electron chi connectivity index (χ3n) is 4.78. The molecule has 0 aromatic carbocycles. The molecule has 1 atom stereocenters. The van der Waals surface area contributed by atoms with Gasteiger partial charge in [0.25, 0.3) is 0 Å². The normalized spacial score (nSPS) is 22.2. The number of carbonyl (C=O) groups is 1. The maximum Gasteiger partial charge on any atom is 0.223 e. The second-order valence-electron chi connectivity index (χ2n) is 7.01. The van der Waals surface area contributed by atoms with Crippen LogP contribution in [0.4, 0.5) is 0 Å². The smallest absolute Gasteiger partial charge is 0.223 e. The van der Waals surface area contributed by atoms with Crippen molar-refractivity contribution >= 4 is 5.91 Å². The highest BCUT2D eigenvalue weighted by molar-refractivity contribution is 5.76. The van der Waals surface area contributed by atoms with E-state index in [0.717, 1.165) is 51.0 Å². The average molecular weight is 317 g/mol. The summed E-state index contributed by atoms with van der Waals surface area (Å²) in [4.78, 5) is 16.5. The summed E-state index contributed by atoms with van der Waals surface area (Å²) >= 11 is 0. The fourth-order valence-electron chi connectivity index (χ4n) is 3.49. The molecule has 1 aliphatic carbocycles. The Morgan fingerprint density at radius 1 is 1.30 bits per heavy atom. The topological polar surface area (TPSA) is 54.3 Å². The van der Waals surface area contributed by atoms with Crippen LogP contribution in [0.3, 0.4) is 0 Å². The summed E-state index contributed by atoms with van der Waals surface area (Å²) in [6.07, 6.45) is 11.3. The molecule has 2 heterocycles.